The van der Waals surface area contributed by atoms with Crippen molar-refractivity contribution in [3.63, 3.8) is 0 Å². The molecule has 1 aromatic heterocycles. The maximum Gasteiger partial charge on any atom is 0.319 e. The van der Waals surface area contributed by atoms with Crippen LogP contribution in [0.3, 0.4) is 0 Å². The zero-order valence-corrected chi connectivity index (χ0v) is 17.8. The summed E-state index contributed by atoms with van der Waals surface area (Å²) in [5.74, 6) is 0.909. The van der Waals surface area contributed by atoms with E-state index in [0.29, 0.717) is 6.54 Å². The average Bonchev–Trinajstić information content (AvgIpc) is 3.50. The van der Waals surface area contributed by atoms with Gasteiger partial charge in [0.15, 0.2) is 0 Å². The topological polar surface area (TPSA) is 64.0 Å². The SMILES string of the molecule is CCN1CCN(c2ccccc2NC(=O)NCC(c2ccco2)N2CCCC2)CC1. The number of likely N-dealkylation sites (tertiary alicyclic amines) is 1. The number of carbonyl (C=O) groups is 1. The lowest BCUT2D eigenvalue weighted by Gasteiger charge is -2.36. The van der Waals surface area contributed by atoms with Crippen molar-refractivity contribution in [3.8, 4) is 0 Å². The number of rotatable bonds is 7. The lowest BCUT2D eigenvalue weighted by molar-refractivity contribution is 0.207. The van der Waals surface area contributed by atoms with Gasteiger partial charge >= 0.3 is 6.03 Å². The Kier molecular flexibility index (Phi) is 6.92. The second-order valence-electron chi connectivity index (χ2n) is 8.05. The van der Waals surface area contributed by atoms with Gasteiger partial charge in [0.05, 0.1) is 23.7 Å². The van der Waals surface area contributed by atoms with E-state index in [1.807, 2.05) is 30.3 Å². The van der Waals surface area contributed by atoms with Crippen molar-refractivity contribution in [1.82, 2.24) is 15.1 Å². The fourth-order valence-corrected chi connectivity index (χ4v) is 4.46. The molecule has 0 saturated carbocycles. The number of hydrogen-bond acceptors (Lipinski definition) is 5. The summed E-state index contributed by atoms with van der Waals surface area (Å²) in [5, 5.41) is 6.13. The van der Waals surface area contributed by atoms with E-state index in [1.165, 1.54) is 12.8 Å². The van der Waals surface area contributed by atoms with E-state index < -0.39 is 0 Å². The summed E-state index contributed by atoms with van der Waals surface area (Å²) in [6, 6.07) is 11.9. The summed E-state index contributed by atoms with van der Waals surface area (Å²) in [4.78, 5) is 19.9. The predicted molar refractivity (Wildman–Crippen MR) is 120 cm³/mol. The second kappa shape index (κ2) is 10.00. The summed E-state index contributed by atoms with van der Waals surface area (Å²) < 4.78 is 5.65. The first-order chi connectivity index (χ1) is 14.7. The number of likely N-dealkylation sites (N-methyl/N-ethyl adjacent to an activating group) is 1. The molecule has 2 aliphatic rings. The van der Waals surface area contributed by atoms with Gasteiger partial charge in [0.2, 0.25) is 0 Å². The summed E-state index contributed by atoms with van der Waals surface area (Å²) in [7, 11) is 0. The third kappa shape index (κ3) is 4.96. The number of anilines is 2. The monoisotopic (exact) mass is 411 g/mol. The first-order valence-corrected chi connectivity index (χ1v) is 11.1. The van der Waals surface area contributed by atoms with Crippen LogP contribution in [0.5, 0.6) is 0 Å². The smallest absolute Gasteiger partial charge is 0.319 e. The molecule has 162 valence electrons. The van der Waals surface area contributed by atoms with Gasteiger partial charge in [0.25, 0.3) is 0 Å². The molecule has 1 unspecified atom stereocenters. The zero-order chi connectivity index (χ0) is 20.8. The minimum absolute atomic E-state index is 0.0746. The van der Waals surface area contributed by atoms with Gasteiger partial charge in [-0.1, -0.05) is 19.1 Å². The standard InChI is InChI=1S/C23H33N5O2/c1-2-26-13-15-28(16-14-26)20-9-4-3-8-19(20)25-23(29)24-18-21(22-10-7-17-30-22)27-11-5-6-12-27/h3-4,7-10,17,21H,2,5-6,11-16,18H2,1H3,(H2,24,25,29). The minimum atomic E-state index is -0.176. The third-order valence-electron chi connectivity index (χ3n) is 6.22. The number of benzene rings is 1. The number of para-hydroxylation sites is 2. The molecule has 2 amide bonds. The Morgan fingerprint density at radius 2 is 1.80 bits per heavy atom. The molecule has 0 radical (unpaired) electrons. The van der Waals surface area contributed by atoms with Crippen molar-refractivity contribution in [3.05, 3.63) is 48.4 Å². The molecule has 2 aromatic rings. The first kappa shape index (κ1) is 20.8. The molecule has 1 atom stereocenters. The number of piperazine rings is 1. The molecule has 7 nitrogen and oxygen atoms in total. The van der Waals surface area contributed by atoms with Crippen molar-refractivity contribution in [2.45, 2.75) is 25.8 Å². The van der Waals surface area contributed by atoms with Crippen LogP contribution >= 0.6 is 0 Å². The molecular weight excluding hydrogens is 378 g/mol. The maximum absolute atomic E-state index is 12.7. The quantitative estimate of drug-likeness (QED) is 0.731. The largest absolute Gasteiger partial charge is 0.468 e. The molecule has 30 heavy (non-hydrogen) atoms. The number of nitrogens with one attached hydrogen (secondary N) is 2. The van der Waals surface area contributed by atoms with Gasteiger partial charge in [-0.05, 0) is 56.7 Å². The van der Waals surface area contributed by atoms with Gasteiger partial charge in [-0.3, -0.25) is 4.90 Å². The molecule has 7 heteroatoms. The molecule has 0 aliphatic carbocycles. The van der Waals surface area contributed by atoms with Crippen LogP contribution in [0.25, 0.3) is 0 Å². The predicted octanol–water partition coefficient (Wildman–Crippen LogP) is 3.38. The number of hydrogen-bond donors (Lipinski definition) is 2. The van der Waals surface area contributed by atoms with E-state index in [2.05, 4.69) is 38.3 Å². The molecular formula is C23H33N5O2. The van der Waals surface area contributed by atoms with Gasteiger partial charge in [0, 0.05) is 32.7 Å². The average molecular weight is 412 g/mol. The highest BCUT2D eigenvalue weighted by atomic mass is 16.3. The molecule has 2 aliphatic heterocycles. The fourth-order valence-electron chi connectivity index (χ4n) is 4.46. The van der Waals surface area contributed by atoms with Crippen LogP contribution in [0.15, 0.2) is 47.1 Å². The van der Waals surface area contributed by atoms with Crippen LogP contribution in [-0.2, 0) is 0 Å². The van der Waals surface area contributed by atoms with E-state index in [4.69, 9.17) is 4.42 Å². The highest BCUT2D eigenvalue weighted by Crippen LogP contribution is 2.27. The Bertz CT molecular complexity index is 796. The van der Waals surface area contributed by atoms with Crippen LogP contribution in [0.1, 0.15) is 31.6 Å². The van der Waals surface area contributed by atoms with Crippen LogP contribution in [0.4, 0.5) is 16.2 Å². The van der Waals surface area contributed by atoms with Crippen molar-refractivity contribution >= 4 is 17.4 Å². The summed E-state index contributed by atoms with van der Waals surface area (Å²) >= 11 is 0. The van der Waals surface area contributed by atoms with Crippen molar-refractivity contribution in [2.24, 2.45) is 0 Å². The molecule has 4 rings (SSSR count). The van der Waals surface area contributed by atoms with Crippen molar-refractivity contribution in [1.29, 1.82) is 0 Å². The van der Waals surface area contributed by atoms with Gasteiger partial charge in [0.1, 0.15) is 5.76 Å². The summed E-state index contributed by atoms with van der Waals surface area (Å²) in [5.41, 5.74) is 1.95. The maximum atomic E-state index is 12.7. The molecule has 0 bridgehead atoms. The van der Waals surface area contributed by atoms with Crippen LogP contribution in [0.2, 0.25) is 0 Å². The lowest BCUT2D eigenvalue weighted by Crippen LogP contribution is -2.46. The van der Waals surface area contributed by atoms with Gasteiger partial charge < -0.3 is 24.9 Å². The van der Waals surface area contributed by atoms with E-state index >= 15 is 0 Å². The first-order valence-electron chi connectivity index (χ1n) is 11.1. The lowest BCUT2D eigenvalue weighted by atomic mass is 10.2. The molecule has 1 aromatic carbocycles. The molecule has 3 heterocycles. The van der Waals surface area contributed by atoms with Crippen LogP contribution < -0.4 is 15.5 Å². The van der Waals surface area contributed by atoms with Crippen molar-refractivity contribution in [2.75, 3.05) is 62.6 Å². The Balaban J connectivity index is 1.37. The second-order valence-corrected chi connectivity index (χ2v) is 8.05. The Morgan fingerprint density at radius 3 is 2.50 bits per heavy atom. The summed E-state index contributed by atoms with van der Waals surface area (Å²) in [6.07, 6.45) is 4.09. The van der Waals surface area contributed by atoms with E-state index in [1.54, 1.807) is 6.26 Å². The zero-order valence-electron chi connectivity index (χ0n) is 17.8. The Hall–Kier alpha value is -2.51. The molecule has 0 spiro atoms. The third-order valence-corrected chi connectivity index (χ3v) is 6.22. The van der Waals surface area contributed by atoms with Gasteiger partial charge in [-0.15, -0.1) is 0 Å². The molecule has 2 saturated heterocycles. The number of carbonyl (C=O) groups excluding carboxylic acids is 1. The van der Waals surface area contributed by atoms with Crippen molar-refractivity contribution < 1.29 is 9.21 Å². The molecule has 2 fully saturated rings. The Labute approximate surface area is 179 Å². The van der Waals surface area contributed by atoms with Gasteiger partial charge in [-0.25, -0.2) is 4.79 Å². The van der Waals surface area contributed by atoms with Crippen LogP contribution in [-0.4, -0.2) is 68.2 Å². The van der Waals surface area contributed by atoms with E-state index in [-0.39, 0.29) is 12.1 Å². The van der Waals surface area contributed by atoms with E-state index in [0.717, 1.165) is 62.9 Å². The highest BCUT2D eigenvalue weighted by molar-refractivity contribution is 5.93. The van der Waals surface area contributed by atoms with Crippen LogP contribution in [0, 0.1) is 0 Å². The fraction of sp³-hybridized carbons (Fsp3) is 0.522. The Morgan fingerprint density at radius 1 is 1.03 bits per heavy atom. The van der Waals surface area contributed by atoms with E-state index in [9.17, 15) is 4.79 Å². The van der Waals surface area contributed by atoms with Gasteiger partial charge in [-0.2, -0.15) is 0 Å². The molecule has 2 N–H and O–H groups in total. The number of nitrogens with zero attached hydrogens (tertiary/aromatic N) is 3. The summed E-state index contributed by atoms with van der Waals surface area (Å²) in [6.45, 7) is 9.96. The number of amides is 2. The number of furan rings is 1. The highest BCUT2D eigenvalue weighted by Gasteiger charge is 2.26. The number of urea groups is 1. The minimum Gasteiger partial charge on any atom is -0.468 e. The normalized spacial score (nSPS) is 19.0.